The summed E-state index contributed by atoms with van der Waals surface area (Å²) in [5, 5.41) is 9.51. The molecule has 0 saturated heterocycles. The molecule has 3 N–H and O–H groups in total. The molecule has 0 atom stereocenters. The molecule has 17 heavy (non-hydrogen) atoms. The van der Waals surface area contributed by atoms with Gasteiger partial charge in [0.25, 0.3) is 0 Å². The predicted molar refractivity (Wildman–Crippen MR) is 73.1 cm³/mol. The number of halogens is 1. The first kappa shape index (κ1) is 14.2. The molecular weight excluding hydrogens is 258 g/mol. The SMILES string of the molecule is CCCCCSc1c(Cl)cc(N)cc1C(=O)O. The number of nitrogens with two attached hydrogens (primary N) is 1. The number of thioether (sulfide) groups is 1. The van der Waals surface area contributed by atoms with Gasteiger partial charge in [-0.15, -0.1) is 11.8 Å². The fraction of sp³-hybridized carbons (Fsp3) is 0.417. The van der Waals surface area contributed by atoms with Crippen molar-refractivity contribution < 1.29 is 9.90 Å². The zero-order valence-corrected chi connectivity index (χ0v) is 11.3. The van der Waals surface area contributed by atoms with Gasteiger partial charge in [-0.2, -0.15) is 0 Å². The summed E-state index contributed by atoms with van der Waals surface area (Å²) < 4.78 is 0. The largest absolute Gasteiger partial charge is 0.478 e. The van der Waals surface area contributed by atoms with Crippen LogP contribution in [0.1, 0.15) is 36.5 Å². The first-order valence-corrected chi connectivity index (χ1v) is 6.87. The van der Waals surface area contributed by atoms with E-state index in [0.717, 1.165) is 25.0 Å². The van der Waals surface area contributed by atoms with Gasteiger partial charge in [0.15, 0.2) is 0 Å². The van der Waals surface area contributed by atoms with E-state index in [4.69, 9.17) is 22.4 Å². The van der Waals surface area contributed by atoms with Gasteiger partial charge in [-0.3, -0.25) is 0 Å². The molecule has 5 heteroatoms. The van der Waals surface area contributed by atoms with Gasteiger partial charge in [0.05, 0.1) is 10.6 Å². The lowest BCUT2D eigenvalue weighted by atomic mass is 10.2. The highest BCUT2D eigenvalue weighted by Gasteiger charge is 2.14. The second-order valence-electron chi connectivity index (χ2n) is 3.74. The van der Waals surface area contributed by atoms with Crippen LogP contribution in [0.5, 0.6) is 0 Å². The van der Waals surface area contributed by atoms with Crippen LogP contribution < -0.4 is 5.73 Å². The minimum absolute atomic E-state index is 0.191. The number of anilines is 1. The summed E-state index contributed by atoms with van der Waals surface area (Å²) in [6.07, 6.45) is 3.34. The zero-order chi connectivity index (χ0) is 12.8. The van der Waals surface area contributed by atoms with E-state index < -0.39 is 5.97 Å². The van der Waals surface area contributed by atoms with E-state index in [2.05, 4.69) is 6.92 Å². The Labute approximate surface area is 110 Å². The second kappa shape index (κ2) is 6.77. The summed E-state index contributed by atoms with van der Waals surface area (Å²) >= 11 is 7.51. The maximum Gasteiger partial charge on any atom is 0.336 e. The average molecular weight is 274 g/mol. The molecule has 0 bridgehead atoms. The quantitative estimate of drug-likeness (QED) is 0.469. The molecule has 0 aromatic heterocycles. The van der Waals surface area contributed by atoms with Crippen LogP contribution in [0, 0.1) is 0 Å². The van der Waals surface area contributed by atoms with Crippen molar-refractivity contribution in [2.45, 2.75) is 31.1 Å². The Kier molecular flexibility index (Phi) is 5.65. The second-order valence-corrected chi connectivity index (χ2v) is 5.25. The van der Waals surface area contributed by atoms with Crippen molar-refractivity contribution in [3.8, 4) is 0 Å². The Hall–Kier alpha value is -0.870. The summed E-state index contributed by atoms with van der Waals surface area (Å²) in [6, 6.07) is 3.05. The minimum atomic E-state index is -0.989. The van der Waals surface area contributed by atoms with Crippen molar-refractivity contribution >= 4 is 35.0 Å². The topological polar surface area (TPSA) is 63.3 Å². The minimum Gasteiger partial charge on any atom is -0.478 e. The molecule has 3 nitrogen and oxygen atoms in total. The van der Waals surface area contributed by atoms with E-state index in [1.807, 2.05) is 0 Å². The third-order valence-corrected chi connectivity index (χ3v) is 3.92. The van der Waals surface area contributed by atoms with Crippen LogP contribution in [0.3, 0.4) is 0 Å². The molecule has 0 amide bonds. The summed E-state index contributed by atoms with van der Waals surface area (Å²) in [5.41, 5.74) is 6.16. The molecule has 1 aromatic carbocycles. The van der Waals surface area contributed by atoms with E-state index in [0.29, 0.717) is 15.6 Å². The van der Waals surface area contributed by atoms with E-state index in [-0.39, 0.29) is 5.56 Å². The molecular formula is C12H16ClNO2S. The van der Waals surface area contributed by atoms with Crippen LogP contribution in [0.2, 0.25) is 5.02 Å². The maximum absolute atomic E-state index is 11.1. The summed E-state index contributed by atoms with van der Waals surface area (Å²) in [7, 11) is 0. The number of unbranched alkanes of at least 4 members (excludes halogenated alkanes) is 2. The third-order valence-electron chi connectivity index (χ3n) is 2.29. The molecule has 0 radical (unpaired) electrons. The summed E-state index contributed by atoms with van der Waals surface area (Å²) in [5.74, 6) is -0.116. The van der Waals surface area contributed by atoms with Gasteiger partial charge in [0.2, 0.25) is 0 Å². The first-order valence-electron chi connectivity index (χ1n) is 5.51. The van der Waals surface area contributed by atoms with Crippen molar-refractivity contribution in [2.75, 3.05) is 11.5 Å². The molecule has 0 aliphatic carbocycles. The number of hydrogen-bond donors (Lipinski definition) is 2. The lowest BCUT2D eigenvalue weighted by Crippen LogP contribution is -2.01. The fourth-order valence-corrected chi connectivity index (χ4v) is 2.89. The highest BCUT2D eigenvalue weighted by molar-refractivity contribution is 7.99. The Morgan fingerprint density at radius 1 is 1.47 bits per heavy atom. The normalized spacial score (nSPS) is 10.5. The smallest absolute Gasteiger partial charge is 0.336 e. The van der Waals surface area contributed by atoms with E-state index in [9.17, 15) is 4.79 Å². The van der Waals surface area contributed by atoms with E-state index in [1.165, 1.54) is 17.8 Å². The van der Waals surface area contributed by atoms with Crippen LogP contribution in [0.25, 0.3) is 0 Å². The van der Waals surface area contributed by atoms with Gasteiger partial charge >= 0.3 is 5.97 Å². The van der Waals surface area contributed by atoms with Crippen LogP contribution >= 0.6 is 23.4 Å². The maximum atomic E-state index is 11.1. The third kappa shape index (κ3) is 4.13. The van der Waals surface area contributed by atoms with Gasteiger partial charge < -0.3 is 10.8 Å². The molecule has 0 unspecified atom stereocenters. The monoisotopic (exact) mass is 273 g/mol. The number of carboxylic acids is 1. The first-order chi connectivity index (χ1) is 8.06. The van der Waals surface area contributed by atoms with Crippen LogP contribution in [-0.2, 0) is 0 Å². The van der Waals surface area contributed by atoms with Gasteiger partial charge in [-0.05, 0) is 24.3 Å². The number of aromatic carboxylic acids is 1. The van der Waals surface area contributed by atoms with Crippen molar-refractivity contribution in [2.24, 2.45) is 0 Å². The lowest BCUT2D eigenvalue weighted by Gasteiger charge is -2.09. The highest BCUT2D eigenvalue weighted by Crippen LogP contribution is 2.33. The lowest BCUT2D eigenvalue weighted by molar-refractivity contribution is 0.0693. The summed E-state index contributed by atoms with van der Waals surface area (Å²) in [4.78, 5) is 11.7. The van der Waals surface area contributed by atoms with Crippen molar-refractivity contribution in [3.05, 3.63) is 22.7 Å². The number of rotatable bonds is 6. The van der Waals surface area contributed by atoms with Gasteiger partial charge in [-0.1, -0.05) is 31.4 Å². The zero-order valence-electron chi connectivity index (χ0n) is 9.70. The molecule has 0 heterocycles. The standard InChI is InChI=1S/C12H16ClNO2S/c1-2-3-4-5-17-11-9(12(15)16)6-8(14)7-10(11)13/h6-7H,2-5,14H2,1H3,(H,15,16). The molecule has 94 valence electrons. The molecule has 0 aliphatic heterocycles. The number of carbonyl (C=O) groups is 1. The Balaban J connectivity index is 2.85. The molecule has 0 fully saturated rings. The van der Waals surface area contributed by atoms with Gasteiger partial charge in [-0.25, -0.2) is 4.79 Å². The number of nitrogen functional groups attached to an aromatic ring is 1. The summed E-state index contributed by atoms with van der Waals surface area (Å²) in [6.45, 7) is 2.13. The highest BCUT2D eigenvalue weighted by atomic mass is 35.5. The Morgan fingerprint density at radius 2 is 2.18 bits per heavy atom. The van der Waals surface area contributed by atoms with Crippen LogP contribution in [0.15, 0.2) is 17.0 Å². The number of benzene rings is 1. The molecule has 0 saturated carbocycles. The average Bonchev–Trinajstić information content (AvgIpc) is 2.25. The predicted octanol–water partition coefficient (Wildman–Crippen LogP) is 3.90. The molecule has 0 aliphatic rings. The Morgan fingerprint density at radius 3 is 2.76 bits per heavy atom. The van der Waals surface area contributed by atoms with Crippen molar-refractivity contribution in [1.82, 2.24) is 0 Å². The number of carboxylic acid groups (broad SMARTS) is 1. The van der Waals surface area contributed by atoms with Crippen molar-refractivity contribution in [3.63, 3.8) is 0 Å². The van der Waals surface area contributed by atoms with E-state index >= 15 is 0 Å². The number of hydrogen-bond acceptors (Lipinski definition) is 3. The van der Waals surface area contributed by atoms with Crippen LogP contribution in [-0.4, -0.2) is 16.8 Å². The molecule has 0 spiro atoms. The Bertz CT molecular complexity index is 410. The molecule has 1 aromatic rings. The van der Waals surface area contributed by atoms with Gasteiger partial charge in [0.1, 0.15) is 0 Å². The van der Waals surface area contributed by atoms with Gasteiger partial charge in [0, 0.05) is 10.6 Å². The van der Waals surface area contributed by atoms with Crippen molar-refractivity contribution in [1.29, 1.82) is 0 Å². The fourth-order valence-electron chi connectivity index (χ4n) is 1.45. The van der Waals surface area contributed by atoms with E-state index in [1.54, 1.807) is 6.07 Å². The molecule has 1 rings (SSSR count). The van der Waals surface area contributed by atoms with Crippen LogP contribution in [0.4, 0.5) is 5.69 Å².